The molecule has 1 heterocycles. The Balaban J connectivity index is 2.09. The first kappa shape index (κ1) is 9.27. The van der Waals surface area contributed by atoms with Gasteiger partial charge in [-0.15, -0.1) is 0 Å². The first-order valence-electron chi connectivity index (χ1n) is 4.80. The quantitative estimate of drug-likeness (QED) is 0.669. The van der Waals surface area contributed by atoms with Crippen LogP contribution in [0.1, 0.15) is 12.8 Å². The molecule has 3 N–H and O–H groups in total. The molecule has 4 nitrogen and oxygen atoms in total. The molecule has 0 spiro atoms. The minimum absolute atomic E-state index is 0.0754. The van der Waals surface area contributed by atoms with Crippen molar-refractivity contribution in [2.45, 2.75) is 18.4 Å². The summed E-state index contributed by atoms with van der Waals surface area (Å²) in [5, 5.41) is 15.5. The van der Waals surface area contributed by atoms with Gasteiger partial charge >= 0.3 is 0 Å². The molecular formula is C10H15N3O. The van der Waals surface area contributed by atoms with Crippen LogP contribution in [0.5, 0.6) is 0 Å². The highest BCUT2D eigenvalue weighted by atomic mass is 16.3. The normalized spacial score (nSPS) is 17.6. The van der Waals surface area contributed by atoms with Crippen LogP contribution >= 0.6 is 0 Å². The van der Waals surface area contributed by atoms with Crippen molar-refractivity contribution in [3.05, 3.63) is 18.5 Å². The number of pyridine rings is 1. The highest BCUT2D eigenvalue weighted by Gasteiger charge is 2.41. The van der Waals surface area contributed by atoms with Gasteiger partial charge in [0, 0.05) is 7.05 Å². The fraction of sp³-hybridized carbons (Fsp3) is 0.500. The van der Waals surface area contributed by atoms with Crippen LogP contribution < -0.4 is 10.6 Å². The van der Waals surface area contributed by atoms with Gasteiger partial charge in [-0.3, -0.25) is 4.98 Å². The monoisotopic (exact) mass is 193 g/mol. The van der Waals surface area contributed by atoms with Crippen LogP contribution in [0.15, 0.2) is 18.5 Å². The Bertz CT molecular complexity index is 323. The Morgan fingerprint density at radius 1 is 1.43 bits per heavy atom. The zero-order valence-corrected chi connectivity index (χ0v) is 8.25. The van der Waals surface area contributed by atoms with E-state index >= 15 is 0 Å². The number of nitrogens with one attached hydrogen (secondary N) is 2. The summed E-state index contributed by atoms with van der Waals surface area (Å²) in [5.74, 6) is 0. The predicted octanol–water partition coefficient (Wildman–Crippen LogP) is 1.06. The summed E-state index contributed by atoms with van der Waals surface area (Å²) in [4.78, 5) is 4.10. The minimum Gasteiger partial charge on any atom is -0.394 e. The SMILES string of the molecule is CNc1cncc(NC2(CO)CC2)c1. The lowest BCUT2D eigenvalue weighted by molar-refractivity contribution is 0.266. The van der Waals surface area contributed by atoms with Crippen molar-refractivity contribution < 1.29 is 5.11 Å². The molecule has 0 aliphatic heterocycles. The second-order valence-corrected chi connectivity index (χ2v) is 3.78. The van der Waals surface area contributed by atoms with Crippen molar-refractivity contribution in [2.75, 3.05) is 24.3 Å². The smallest absolute Gasteiger partial charge is 0.0661 e. The van der Waals surface area contributed by atoms with Gasteiger partial charge in [-0.25, -0.2) is 0 Å². The molecule has 1 saturated carbocycles. The maximum Gasteiger partial charge on any atom is 0.0661 e. The van der Waals surface area contributed by atoms with Gasteiger partial charge in [0.15, 0.2) is 0 Å². The zero-order chi connectivity index (χ0) is 10.0. The third kappa shape index (κ3) is 1.80. The van der Waals surface area contributed by atoms with E-state index in [1.54, 1.807) is 12.4 Å². The second kappa shape index (κ2) is 3.46. The molecule has 0 aromatic carbocycles. The fourth-order valence-corrected chi connectivity index (χ4v) is 1.42. The van der Waals surface area contributed by atoms with E-state index in [0.29, 0.717) is 0 Å². The summed E-state index contributed by atoms with van der Waals surface area (Å²) >= 11 is 0. The molecule has 1 aliphatic carbocycles. The van der Waals surface area contributed by atoms with Crippen LogP contribution in [-0.4, -0.2) is 29.3 Å². The van der Waals surface area contributed by atoms with Gasteiger partial charge in [0.25, 0.3) is 0 Å². The van der Waals surface area contributed by atoms with Crippen molar-refractivity contribution in [3.63, 3.8) is 0 Å². The molecule has 2 rings (SSSR count). The van der Waals surface area contributed by atoms with E-state index in [9.17, 15) is 0 Å². The van der Waals surface area contributed by atoms with E-state index in [1.165, 1.54) is 0 Å². The number of rotatable bonds is 4. The van der Waals surface area contributed by atoms with Crippen molar-refractivity contribution in [3.8, 4) is 0 Å². The summed E-state index contributed by atoms with van der Waals surface area (Å²) in [6, 6.07) is 1.99. The minimum atomic E-state index is -0.0754. The number of aliphatic hydroxyl groups excluding tert-OH is 1. The largest absolute Gasteiger partial charge is 0.394 e. The summed E-state index contributed by atoms with van der Waals surface area (Å²) in [5.41, 5.74) is 1.86. The molecule has 0 saturated heterocycles. The lowest BCUT2D eigenvalue weighted by Crippen LogP contribution is -2.25. The van der Waals surface area contributed by atoms with E-state index in [4.69, 9.17) is 5.11 Å². The summed E-state index contributed by atoms with van der Waals surface area (Å²) in [6.07, 6.45) is 5.61. The molecule has 1 aromatic heterocycles. The maximum absolute atomic E-state index is 9.15. The molecule has 0 unspecified atom stereocenters. The molecule has 0 atom stereocenters. The molecule has 1 aliphatic rings. The molecular weight excluding hydrogens is 178 g/mol. The van der Waals surface area contributed by atoms with Crippen LogP contribution in [0.4, 0.5) is 11.4 Å². The summed E-state index contributed by atoms with van der Waals surface area (Å²) in [6.45, 7) is 0.191. The maximum atomic E-state index is 9.15. The number of nitrogens with zero attached hydrogens (tertiary/aromatic N) is 1. The highest BCUT2D eigenvalue weighted by molar-refractivity contribution is 5.55. The number of aromatic nitrogens is 1. The first-order valence-corrected chi connectivity index (χ1v) is 4.80. The molecule has 4 heteroatoms. The predicted molar refractivity (Wildman–Crippen MR) is 56.5 cm³/mol. The van der Waals surface area contributed by atoms with Gasteiger partial charge in [0.05, 0.1) is 35.9 Å². The number of anilines is 2. The van der Waals surface area contributed by atoms with Gasteiger partial charge < -0.3 is 15.7 Å². The van der Waals surface area contributed by atoms with E-state index < -0.39 is 0 Å². The molecule has 1 aromatic rings. The van der Waals surface area contributed by atoms with Crippen molar-refractivity contribution in [1.29, 1.82) is 0 Å². The Morgan fingerprint density at radius 2 is 2.14 bits per heavy atom. The van der Waals surface area contributed by atoms with Crippen LogP contribution in [0.2, 0.25) is 0 Å². The zero-order valence-electron chi connectivity index (χ0n) is 8.25. The van der Waals surface area contributed by atoms with Crippen LogP contribution in [0, 0.1) is 0 Å². The number of hydrogen-bond acceptors (Lipinski definition) is 4. The van der Waals surface area contributed by atoms with E-state index in [-0.39, 0.29) is 12.1 Å². The summed E-state index contributed by atoms with van der Waals surface area (Å²) in [7, 11) is 1.86. The van der Waals surface area contributed by atoms with Crippen molar-refractivity contribution in [2.24, 2.45) is 0 Å². The van der Waals surface area contributed by atoms with E-state index in [2.05, 4.69) is 15.6 Å². The van der Waals surface area contributed by atoms with Crippen molar-refractivity contribution in [1.82, 2.24) is 4.98 Å². The summed E-state index contributed by atoms with van der Waals surface area (Å²) < 4.78 is 0. The molecule has 1 fully saturated rings. The third-order valence-electron chi connectivity index (χ3n) is 2.59. The number of hydrogen-bond donors (Lipinski definition) is 3. The Kier molecular flexibility index (Phi) is 2.29. The molecule has 0 amide bonds. The molecule has 14 heavy (non-hydrogen) atoms. The van der Waals surface area contributed by atoms with Crippen LogP contribution in [0.3, 0.4) is 0 Å². The molecule has 0 bridgehead atoms. The van der Waals surface area contributed by atoms with Crippen LogP contribution in [-0.2, 0) is 0 Å². The van der Waals surface area contributed by atoms with Crippen LogP contribution in [0.25, 0.3) is 0 Å². The van der Waals surface area contributed by atoms with Gasteiger partial charge in [-0.2, -0.15) is 0 Å². The lowest BCUT2D eigenvalue weighted by atomic mass is 10.2. The topological polar surface area (TPSA) is 57.2 Å². The first-order chi connectivity index (χ1) is 6.78. The fourth-order valence-electron chi connectivity index (χ4n) is 1.42. The molecule has 76 valence electrons. The Labute approximate surface area is 83.4 Å². The number of aliphatic hydroxyl groups is 1. The van der Waals surface area contributed by atoms with Gasteiger partial charge in [0.1, 0.15) is 0 Å². The standard InChI is InChI=1S/C10H15N3O/c1-11-8-4-9(6-12-5-8)13-10(7-14)2-3-10/h4-6,11,13-14H,2-3,7H2,1H3. The average Bonchev–Trinajstić information content (AvgIpc) is 2.99. The molecule has 0 radical (unpaired) electrons. The van der Waals surface area contributed by atoms with Gasteiger partial charge in [0.2, 0.25) is 0 Å². The van der Waals surface area contributed by atoms with Gasteiger partial charge in [-0.1, -0.05) is 0 Å². The highest BCUT2D eigenvalue weighted by Crippen LogP contribution is 2.38. The lowest BCUT2D eigenvalue weighted by Gasteiger charge is -2.15. The second-order valence-electron chi connectivity index (χ2n) is 3.78. The van der Waals surface area contributed by atoms with Crippen molar-refractivity contribution >= 4 is 11.4 Å². The Morgan fingerprint density at radius 3 is 2.71 bits per heavy atom. The van der Waals surface area contributed by atoms with E-state index in [0.717, 1.165) is 24.2 Å². The Hall–Kier alpha value is -1.29. The third-order valence-corrected chi connectivity index (χ3v) is 2.59. The van der Waals surface area contributed by atoms with Gasteiger partial charge in [-0.05, 0) is 18.9 Å². The average molecular weight is 193 g/mol. The van der Waals surface area contributed by atoms with E-state index in [1.807, 2.05) is 13.1 Å².